The summed E-state index contributed by atoms with van der Waals surface area (Å²) in [6, 6.07) is 2.09. The van der Waals surface area contributed by atoms with E-state index in [0.717, 1.165) is 12.4 Å². The van der Waals surface area contributed by atoms with Crippen molar-refractivity contribution >= 4 is 0 Å². The summed E-state index contributed by atoms with van der Waals surface area (Å²) in [5.41, 5.74) is 6.77. The Balaban J connectivity index is 2.13. The zero-order valence-electron chi connectivity index (χ0n) is 10.7. The van der Waals surface area contributed by atoms with E-state index in [9.17, 15) is 0 Å². The molecule has 17 heavy (non-hydrogen) atoms. The van der Waals surface area contributed by atoms with Crippen LogP contribution in [-0.2, 0) is 6.54 Å². The molecule has 1 aliphatic rings. The molecule has 0 amide bonds. The van der Waals surface area contributed by atoms with E-state index in [0.29, 0.717) is 12.5 Å². The van der Waals surface area contributed by atoms with Crippen molar-refractivity contribution in [2.24, 2.45) is 5.73 Å². The first-order chi connectivity index (χ1) is 8.35. The van der Waals surface area contributed by atoms with Crippen LogP contribution in [0.4, 0.5) is 0 Å². The first-order valence-electron chi connectivity index (χ1n) is 6.67. The van der Waals surface area contributed by atoms with E-state index in [2.05, 4.69) is 11.2 Å². The molecular formula is C13H23N3O. The molecule has 0 unspecified atom stereocenters. The van der Waals surface area contributed by atoms with Crippen LogP contribution in [0.15, 0.2) is 6.07 Å². The van der Waals surface area contributed by atoms with Crippen molar-refractivity contribution in [3.05, 3.63) is 11.8 Å². The summed E-state index contributed by atoms with van der Waals surface area (Å²) in [5.74, 6) is 1.46. The van der Waals surface area contributed by atoms with Crippen molar-refractivity contribution in [2.75, 3.05) is 13.7 Å². The van der Waals surface area contributed by atoms with E-state index in [1.54, 1.807) is 7.11 Å². The smallest absolute Gasteiger partial charge is 0.211 e. The number of nitrogens with zero attached hydrogens (tertiary/aromatic N) is 2. The van der Waals surface area contributed by atoms with Gasteiger partial charge in [0.05, 0.1) is 19.3 Å². The standard InChI is InChI=1S/C13H23N3O/c1-17-13-10-12(15-16(13)9-8-14)11-6-4-2-3-5-7-11/h10-11H,2-9,14H2,1H3. The minimum atomic E-state index is 0.599. The molecule has 1 saturated carbocycles. The van der Waals surface area contributed by atoms with Gasteiger partial charge in [-0.1, -0.05) is 25.7 Å². The van der Waals surface area contributed by atoms with Gasteiger partial charge in [0.2, 0.25) is 5.88 Å². The largest absolute Gasteiger partial charge is 0.481 e. The first kappa shape index (κ1) is 12.4. The van der Waals surface area contributed by atoms with Crippen molar-refractivity contribution in [3.63, 3.8) is 0 Å². The van der Waals surface area contributed by atoms with Gasteiger partial charge in [-0.15, -0.1) is 0 Å². The predicted molar refractivity (Wildman–Crippen MR) is 68.3 cm³/mol. The molecule has 1 aliphatic carbocycles. The second-order valence-corrected chi connectivity index (χ2v) is 4.81. The second-order valence-electron chi connectivity index (χ2n) is 4.81. The molecule has 0 bridgehead atoms. The fourth-order valence-corrected chi connectivity index (χ4v) is 2.64. The van der Waals surface area contributed by atoms with Gasteiger partial charge in [-0.2, -0.15) is 5.10 Å². The van der Waals surface area contributed by atoms with Crippen LogP contribution in [0.2, 0.25) is 0 Å². The van der Waals surface area contributed by atoms with E-state index >= 15 is 0 Å². The number of nitrogens with two attached hydrogens (primary N) is 1. The van der Waals surface area contributed by atoms with Gasteiger partial charge in [0.1, 0.15) is 0 Å². The van der Waals surface area contributed by atoms with Crippen LogP contribution < -0.4 is 10.5 Å². The van der Waals surface area contributed by atoms with E-state index < -0.39 is 0 Å². The van der Waals surface area contributed by atoms with Gasteiger partial charge in [0.15, 0.2) is 0 Å². The van der Waals surface area contributed by atoms with Crippen LogP contribution >= 0.6 is 0 Å². The first-order valence-corrected chi connectivity index (χ1v) is 6.67. The van der Waals surface area contributed by atoms with Crippen molar-refractivity contribution in [1.29, 1.82) is 0 Å². The number of hydrogen-bond acceptors (Lipinski definition) is 3. The van der Waals surface area contributed by atoms with Crippen LogP contribution in [0.5, 0.6) is 5.88 Å². The lowest BCUT2D eigenvalue weighted by Crippen LogP contribution is -2.12. The highest BCUT2D eigenvalue weighted by atomic mass is 16.5. The third-order valence-electron chi connectivity index (χ3n) is 3.59. The summed E-state index contributed by atoms with van der Waals surface area (Å²) in [5, 5.41) is 4.65. The minimum absolute atomic E-state index is 0.599. The molecule has 0 saturated heterocycles. The van der Waals surface area contributed by atoms with E-state index in [1.807, 2.05) is 4.68 Å². The lowest BCUT2D eigenvalue weighted by atomic mass is 9.97. The Labute approximate surface area is 103 Å². The summed E-state index contributed by atoms with van der Waals surface area (Å²) >= 11 is 0. The average molecular weight is 237 g/mol. The van der Waals surface area contributed by atoms with Gasteiger partial charge in [0.25, 0.3) is 0 Å². The van der Waals surface area contributed by atoms with E-state index in [1.165, 1.54) is 44.2 Å². The topological polar surface area (TPSA) is 53.1 Å². The van der Waals surface area contributed by atoms with Gasteiger partial charge in [-0.25, -0.2) is 4.68 Å². The van der Waals surface area contributed by atoms with E-state index in [4.69, 9.17) is 10.5 Å². The molecule has 1 fully saturated rings. The third kappa shape index (κ3) is 3.00. The van der Waals surface area contributed by atoms with Crippen LogP contribution in [0.3, 0.4) is 0 Å². The maximum atomic E-state index is 5.58. The molecule has 1 aromatic rings. The fourth-order valence-electron chi connectivity index (χ4n) is 2.64. The quantitative estimate of drug-likeness (QED) is 0.817. The van der Waals surface area contributed by atoms with Crippen molar-refractivity contribution < 1.29 is 4.74 Å². The molecule has 2 N–H and O–H groups in total. The van der Waals surface area contributed by atoms with Gasteiger partial charge < -0.3 is 10.5 Å². The lowest BCUT2D eigenvalue weighted by molar-refractivity contribution is 0.361. The van der Waals surface area contributed by atoms with Crippen LogP contribution in [-0.4, -0.2) is 23.4 Å². The summed E-state index contributed by atoms with van der Waals surface area (Å²) in [6.07, 6.45) is 7.94. The monoisotopic (exact) mass is 237 g/mol. The van der Waals surface area contributed by atoms with Crippen molar-refractivity contribution in [1.82, 2.24) is 9.78 Å². The van der Waals surface area contributed by atoms with E-state index in [-0.39, 0.29) is 0 Å². The number of methoxy groups -OCH3 is 1. The summed E-state index contributed by atoms with van der Waals surface area (Å²) in [6.45, 7) is 1.33. The molecule has 96 valence electrons. The Morgan fingerprint density at radius 2 is 2.06 bits per heavy atom. The predicted octanol–water partition coefficient (Wildman–Crippen LogP) is 2.29. The molecule has 0 aliphatic heterocycles. The maximum Gasteiger partial charge on any atom is 0.211 e. The minimum Gasteiger partial charge on any atom is -0.481 e. The highest BCUT2D eigenvalue weighted by molar-refractivity contribution is 5.19. The average Bonchev–Trinajstić information content (AvgIpc) is 2.58. The molecule has 4 nitrogen and oxygen atoms in total. The molecule has 1 aromatic heterocycles. The normalized spacial score (nSPS) is 18.0. The Kier molecular flexibility index (Phi) is 4.42. The van der Waals surface area contributed by atoms with Crippen LogP contribution in [0, 0.1) is 0 Å². The zero-order valence-corrected chi connectivity index (χ0v) is 10.7. The molecule has 0 atom stereocenters. The molecule has 2 rings (SSSR count). The van der Waals surface area contributed by atoms with Gasteiger partial charge in [-0.3, -0.25) is 0 Å². The Morgan fingerprint density at radius 3 is 2.65 bits per heavy atom. The molecule has 4 heteroatoms. The van der Waals surface area contributed by atoms with Gasteiger partial charge in [0, 0.05) is 18.5 Å². The van der Waals surface area contributed by atoms with Crippen molar-refractivity contribution in [3.8, 4) is 5.88 Å². The molecule has 0 radical (unpaired) electrons. The summed E-state index contributed by atoms with van der Waals surface area (Å²) in [4.78, 5) is 0. The molecule has 0 aromatic carbocycles. The van der Waals surface area contributed by atoms with Crippen LogP contribution in [0.25, 0.3) is 0 Å². The van der Waals surface area contributed by atoms with Gasteiger partial charge in [-0.05, 0) is 12.8 Å². The van der Waals surface area contributed by atoms with Gasteiger partial charge >= 0.3 is 0 Å². The number of ether oxygens (including phenoxy) is 1. The highest BCUT2D eigenvalue weighted by Gasteiger charge is 2.19. The fraction of sp³-hybridized carbons (Fsp3) is 0.769. The molecular weight excluding hydrogens is 214 g/mol. The zero-order chi connectivity index (χ0) is 12.1. The number of aromatic nitrogens is 2. The van der Waals surface area contributed by atoms with Crippen molar-refractivity contribution in [2.45, 2.75) is 51.0 Å². The lowest BCUT2D eigenvalue weighted by Gasteiger charge is -2.09. The molecule has 1 heterocycles. The Bertz CT molecular complexity index is 340. The Hall–Kier alpha value is -1.03. The Morgan fingerprint density at radius 1 is 1.35 bits per heavy atom. The molecule has 0 spiro atoms. The number of hydrogen-bond donors (Lipinski definition) is 1. The maximum absolute atomic E-state index is 5.58. The third-order valence-corrected chi connectivity index (χ3v) is 3.59. The second kappa shape index (κ2) is 6.05. The van der Waals surface area contributed by atoms with Crippen LogP contribution in [0.1, 0.15) is 50.1 Å². The number of rotatable bonds is 4. The summed E-state index contributed by atoms with van der Waals surface area (Å²) < 4.78 is 7.23. The highest BCUT2D eigenvalue weighted by Crippen LogP contribution is 2.32. The summed E-state index contributed by atoms with van der Waals surface area (Å²) in [7, 11) is 1.70. The SMILES string of the molecule is COc1cc(C2CCCCCC2)nn1CCN.